The quantitative estimate of drug-likeness (QED) is 0.857. The van der Waals surface area contributed by atoms with Crippen LogP contribution in [0.25, 0.3) is 11.1 Å². The highest BCUT2D eigenvalue weighted by atomic mass is 19.1. The van der Waals surface area contributed by atoms with Crippen LogP contribution in [-0.2, 0) is 9.53 Å². The molecule has 2 atom stereocenters. The number of halogens is 1. The molecule has 0 unspecified atom stereocenters. The predicted molar refractivity (Wildman–Crippen MR) is 83.9 cm³/mol. The zero-order chi connectivity index (χ0) is 17.6. The van der Waals surface area contributed by atoms with Crippen LogP contribution in [0.1, 0.15) is 39.4 Å². The number of hydrogen-bond donors (Lipinski definition) is 0. The first-order valence-electron chi connectivity index (χ1n) is 7.75. The van der Waals surface area contributed by atoms with Crippen molar-refractivity contribution in [1.82, 2.24) is 9.88 Å². The summed E-state index contributed by atoms with van der Waals surface area (Å²) in [5.74, 6) is -0.993. The number of fused-ring (bicyclic) bond motifs is 1. The zero-order valence-corrected chi connectivity index (χ0v) is 13.9. The Balaban J connectivity index is 1.93. The SMILES string of the molecule is CC(C)[C@@H]1N(C(=O)[C@@H](F)c2ccc3ocnc3c2)C(=O)OC1(C)C. The molecule has 2 heterocycles. The molecule has 1 aliphatic rings. The molecule has 7 heteroatoms. The molecule has 0 radical (unpaired) electrons. The van der Waals surface area contributed by atoms with Crippen molar-refractivity contribution in [3.05, 3.63) is 30.2 Å². The van der Waals surface area contributed by atoms with E-state index in [1.807, 2.05) is 13.8 Å². The van der Waals surface area contributed by atoms with E-state index in [-0.39, 0.29) is 11.5 Å². The number of nitrogens with zero attached hydrogens (tertiary/aromatic N) is 2. The maximum absolute atomic E-state index is 14.8. The van der Waals surface area contributed by atoms with E-state index in [9.17, 15) is 14.0 Å². The summed E-state index contributed by atoms with van der Waals surface area (Å²) < 4.78 is 25.2. The third-order valence-corrected chi connectivity index (χ3v) is 4.27. The molecule has 1 aromatic carbocycles. The highest BCUT2D eigenvalue weighted by Gasteiger charge is 2.53. The molecule has 1 saturated heterocycles. The van der Waals surface area contributed by atoms with Gasteiger partial charge in [-0.3, -0.25) is 4.79 Å². The lowest BCUT2D eigenvalue weighted by Crippen LogP contribution is -2.49. The van der Waals surface area contributed by atoms with Gasteiger partial charge < -0.3 is 9.15 Å². The Kier molecular flexibility index (Phi) is 3.81. The molecular formula is C17H19FN2O4. The monoisotopic (exact) mass is 334 g/mol. The average Bonchev–Trinajstić information content (AvgIpc) is 3.05. The van der Waals surface area contributed by atoms with E-state index in [1.54, 1.807) is 19.9 Å². The molecule has 1 fully saturated rings. The van der Waals surface area contributed by atoms with Gasteiger partial charge in [-0.25, -0.2) is 19.1 Å². The van der Waals surface area contributed by atoms with Crippen LogP contribution in [0.5, 0.6) is 0 Å². The van der Waals surface area contributed by atoms with Gasteiger partial charge >= 0.3 is 6.09 Å². The number of imide groups is 1. The fourth-order valence-corrected chi connectivity index (χ4v) is 3.38. The largest absolute Gasteiger partial charge is 0.443 e. The van der Waals surface area contributed by atoms with Crippen LogP contribution in [0, 0.1) is 5.92 Å². The number of rotatable bonds is 3. The molecule has 6 nitrogen and oxygen atoms in total. The predicted octanol–water partition coefficient (Wildman–Crippen LogP) is 3.62. The Morgan fingerprint density at radius 1 is 1.38 bits per heavy atom. The first-order valence-corrected chi connectivity index (χ1v) is 7.75. The molecule has 128 valence electrons. The number of amides is 2. The number of hydrogen-bond acceptors (Lipinski definition) is 5. The Bertz CT molecular complexity index is 799. The first-order chi connectivity index (χ1) is 11.2. The fourth-order valence-electron chi connectivity index (χ4n) is 3.38. The van der Waals surface area contributed by atoms with Crippen molar-refractivity contribution in [2.24, 2.45) is 5.92 Å². The number of alkyl halides is 1. The Morgan fingerprint density at radius 3 is 2.75 bits per heavy atom. The van der Waals surface area contributed by atoms with Crippen molar-refractivity contribution in [1.29, 1.82) is 0 Å². The molecule has 2 aromatic rings. The molecule has 1 aromatic heterocycles. The average molecular weight is 334 g/mol. The van der Waals surface area contributed by atoms with E-state index in [0.29, 0.717) is 11.1 Å². The van der Waals surface area contributed by atoms with E-state index in [2.05, 4.69) is 4.98 Å². The van der Waals surface area contributed by atoms with Crippen molar-refractivity contribution in [2.75, 3.05) is 0 Å². The van der Waals surface area contributed by atoms with Gasteiger partial charge in [0.15, 0.2) is 12.0 Å². The number of aromatic nitrogens is 1. The molecule has 3 rings (SSSR count). The summed E-state index contributed by atoms with van der Waals surface area (Å²) in [6.07, 6.45) is -1.54. The van der Waals surface area contributed by atoms with Crippen molar-refractivity contribution in [3.8, 4) is 0 Å². The van der Waals surface area contributed by atoms with E-state index >= 15 is 0 Å². The maximum atomic E-state index is 14.8. The van der Waals surface area contributed by atoms with Gasteiger partial charge in [-0.15, -0.1) is 0 Å². The Labute approximate surface area is 138 Å². The number of ether oxygens (including phenoxy) is 1. The van der Waals surface area contributed by atoms with Crippen LogP contribution in [-0.4, -0.2) is 33.5 Å². The second-order valence-corrected chi connectivity index (χ2v) is 6.81. The minimum Gasteiger partial charge on any atom is -0.443 e. The summed E-state index contributed by atoms with van der Waals surface area (Å²) in [5, 5.41) is 0. The van der Waals surface area contributed by atoms with E-state index < -0.39 is 29.8 Å². The number of oxazole rings is 1. The maximum Gasteiger partial charge on any atom is 0.417 e. The lowest BCUT2D eigenvalue weighted by Gasteiger charge is -2.31. The van der Waals surface area contributed by atoms with Crippen LogP contribution < -0.4 is 0 Å². The molecule has 0 N–H and O–H groups in total. The highest BCUT2D eigenvalue weighted by Crippen LogP contribution is 2.36. The van der Waals surface area contributed by atoms with Crippen molar-refractivity contribution >= 4 is 23.1 Å². The molecule has 1 aliphatic heterocycles. The van der Waals surface area contributed by atoms with Gasteiger partial charge in [0.05, 0.1) is 6.04 Å². The van der Waals surface area contributed by atoms with Gasteiger partial charge in [-0.2, -0.15) is 0 Å². The molecule has 0 saturated carbocycles. The minimum absolute atomic E-state index is 0.0689. The summed E-state index contributed by atoms with van der Waals surface area (Å²) in [5.41, 5.74) is 0.214. The Morgan fingerprint density at radius 2 is 2.08 bits per heavy atom. The van der Waals surface area contributed by atoms with Gasteiger partial charge in [-0.1, -0.05) is 19.9 Å². The van der Waals surface area contributed by atoms with E-state index in [4.69, 9.17) is 9.15 Å². The number of carbonyl (C=O) groups excluding carboxylic acids is 2. The minimum atomic E-state index is -1.98. The van der Waals surface area contributed by atoms with Crippen molar-refractivity contribution in [2.45, 2.75) is 45.5 Å². The van der Waals surface area contributed by atoms with Crippen LogP contribution in [0.2, 0.25) is 0 Å². The highest BCUT2D eigenvalue weighted by molar-refractivity contribution is 5.97. The summed E-state index contributed by atoms with van der Waals surface area (Å²) in [6.45, 7) is 7.17. The molecule has 2 amide bonds. The topological polar surface area (TPSA) is 72.6 Å². The number of carbonyl (C=O) groups is 2. The number of benzene rings is 1. The van der Waals surface area contributed by atoms with E-state index in [0.717, 1.165) is 4.90 Å². The van der Waals surface area contributed by atoms with Gasteiger partial charge in [-0.05, 0) is 37.5 Å². The van der Waals surface area contributed by atoms with Gasteiger partial charge in [0.25, 0.3) is 5.91 Å². The second-order valence-electron chi connectivity index (χ2n) is 6.81. The third-order valence-electron chi connectivity index (χ3n) is 4.27. The van der Waals surface area contributed by atoms with Crippen LogP contribution >= 0.6 is 0 Å². The standard InChI is InChI=1S/C17H19FN2O4/c1-9(2)14-17(3,4)24-16(22)20(14)15(21)13(18)10-5-6-12-11(7-10)19-8-23-12/h5-9,13-14H,1-4H3/t13-,14-/m0/s1. The summed E-state index contributed by atoms with van der Waals surface area (Å²) in [4.78, 5) is 29.6. The van der Waals surface area contributed by atoms with Crippen LogP contribution in [0.4, 0.5) is 9.18 Å². The fraction of sp³-hybridized carbons (Fsp3) is 0.471. The van der Waals surface area contributed by atoms with E-state index in [1.165, 1.54) is 18.5 Å². The normalized spacial score (nSPS) is 21.3. The van der Waals surface area contributed by atoms with Crippen LogP contribution in [0.15, 0.2) is 29.0 Å². The van der Waals surface area contributed by atoms with Crippen molar-refractivity contribution < 1.29 is 23.1 Å². The third kappa shape index (κ3) is 2.53. The molecule has 0 spiro atoms. The zero-order valence-electron chi connectivity index (χ0n) is 13.9. The number of cyclic esters (lactones) is 1. The summed E-state index contributed by atoms with van der Waals surface area (Å²) in [6, 6.07) is 3.90. The van der Waals surface area contributed by atoms with Crippen LogP contribution in [0.3, 0.4) is 0 Å². The second kappa shape index (κ2) is 5.58. The van der Waals surface area contributed by atoms with Gasteiger partial charge in [0.1, 0.15) is 11.1 Å². The Hall–Kier alpha value is -2.44. The van der Waals surface area contributed by atoms with Crippen molar-refractivity contribution in [3.63, 3.8) is 0 Å². The first kappa shape index (κ1) is 16.4. The molecule has 0 bridgehead atoms. The summed E-state index contributed by atoms with van der Waals surface area (Å²) in [7, 11) is 0. The van der Waals surface area contributed by atoms with Gasteiger partial charge in [0.2, 0.25) is 6.17 Å². The van der Waals surface area contributed by atoms with Gasteiger partial charge in [0, 0.05) is 0 Å². The molecule has 0 aliphatic carbocycles. The molecule has 24 heavy (non-hydrogen) atoms. The smallest absolute Gasteiger partial charge is 0.417 e. The molecular weight excluding hydrogens is 315 g/mol. The lowest BCUT2D eigenvalue weighted by molar-refractivity contribution is -0.136. The lowest BCUT2D eigenvalue weighted by atomic mass is 9.88. The summed E-state index contributed by atoms with van der Waals surface area (Å²) >= 11 is 0.